The number of halogens is 1. The summed E-state index contributed by atoms with van der Waals surface area (Å²) in [6.07, 6.45) is 0. The normalized spacial score (nSPS) is 16.0. The van der Waals surface area contributed by atoms with Gasteiger partial charge in [-0.15, -0.1) is 0 Å². The molecule has 0 saturated carbocycles. The van der Waals surface area contributed by atoms with Crippen molar-refractivity contribution in [3.05, 3.63) is 58.0 Å². The molecule has 1 fully saturated rings. The zero-order chi connectivity index (χ0) is 22.4. The molecule has 8 heteroatoms. The molecule has 0 bridgehead atoms. The largest absolute Gasteiger partial charge is 0.462 e. The van der Waals surface area contributed by atoms with Crippen molar-refractivity contribution in [2.45, 2.75) is 17.8 Å². The van der Waals surface area contributed by atoms with Crippen molar-refractivity contribution in [1.82, 2.24) is 9.47 Å². The van der Waals surface area contributed by atoms with Crippen molar-refractivity contribution < 1.29 is 13.9 Å². The van der Waals surface area contributed by atoms with Gasteiger partial charge >= 0.3 is 5.97 Å². The fourth-order valence-electron chi connectivity index (χ4n) is 4.41. The van der Waals surface area contributed by atoms with Gasteiger partial charge in [-0.25, -0.2) is 9.18 Å². The molecule has 2 aromatic carbocycles. The van der Waals surface area contributed by atoms with Crippen LogP contribution in [0.5, 0.6) is 0 Å². The monoisotopic (exact) mass is 453 g/mol. The number of pyridine rings is 1. The summed E-state index contributed by atoms with van der Waals surface area (Å²) in [7, 11) is 2.06. The van der Waals surface area contributed by atoms with Gasteiger partial charge < -0.3 is 19.1 Å². The Labute approximate surface area is 189 Å². The predicted octanol–water partition coefficient (Wildman–Crippen LogP) is 3.80. The summed E-state index contributed by atoms with van der Waals surface area (Å²) in [5.41, 5.74) is 1.55. The Morgan fingerprint density at radius 2 is 1.88 bits per heavy atom. The van der Waals surface area contributed by atoms with E-state index in [2.05, 4.69) is 11.9 Å². The first-order valence-electron chi connectivity index (χ1n) is 10.7. The van der Waals surface area contributed by atoms with Crippen LogP contribution in [0.25, 0.3) is 22.0 Å². The number of likely N-dealkylation sites (N-methyl/N-ethyl adjacent to an activating group) is 1. The van der Waals surface area contributed by atoms with E-state index >= 15 is 4.39 Å². The molecule has 5 rings (SSSR count). The van der Waals surface area contributed by atoms with E-state index in [1.165, 1.54) is 11.8 Å². The van der Waals surface area contributed by atoms with Gasteiger partial charge in [0, 0.05) is 31.7 Å². The Hall–Kier alpha value is -2.84. The molecular weight excluding hydrogens is 429 g/mol. The number of thioether (sulfide) groups is 1. The third kappa shape index (κ3) is 3.29. The molecule has 0 radical (unpaired) electrons. The highest BCUT2D eigenvalue weighted by Gasteiger charge is 2.32. The zero-order valence-corrected chi connectivity index (χ0v) is 18.9. The van der Waals surface area contributed by atoms with Gasteiger partial charge in [0.2, 0.25) is 5.43 Å². The van der Waals surface area contributed by atoms with E-state index in [0.717, 1.165) is 13.1 Å². The van der Waals surface area contributed by atoms with Gasteiger partial charge in [-0.3, -0.25) is 4.79 Å². The minimum absolute atomic E-state index is 0.000437. The van der Waals surface area contributed by atoms with Crippen LogP contribution in [0.1, 0.15) is 17.3 Å². The van der Waals surface area contributed by atoms with Gasteiger partial charge in [0.15, 0.2) is 5.82 Å². The number of anilines is 1. The van der Waals surface area contributed by atoms with Crippen LogP contribution in [-0.2, 0) is 10.6 Å². The van der Waals surface area contributed by atoms with Crippen LogP contribution in [0, 0.1) is 5.82 Å². The van der Waals surface area contributed by atoms with Crippen molar-refractivity contribution >= 4 is 34.3 Å². The zero-order valence-electron chi connectivity index (χ0n) is 18.1. The SMILES string of the molecule is CCOC(=O)c1c2n(c3cc(N4CCN(C)CC4)c(F)c(-c4ccccc4)c3c1=O)CS2. The number of carbonyl (C=O) groups is 1. The summed E-state index contributed by atoms with van der Waals surface area (Å²) in [6, 6.07) is 10.9. The smallest absolute Gasteiger partial charge is 0.344 e. The Morgan fingerprint density at radius 3 is 2.50 bits per heavy atom. The lowest BCUT2D eigenvalue weighted by molar-refractivity contribution is 0.0518. The van der Waals surface area contributed by atoms with Crippen LogP contribution in [0.4, 0.5) is 10.1 Å². The number of hydrogen-bond donors (Lipinski definition) is 0. The molecule has 166 valence electrons. The van der Waals surface area contributed by atoms with Crippen molar-refractivity contribution in [1.29, 1.82) is 0 Å². The summed E-state index contributed by atoms with van der Waals surface area (Å²) < 4.78 is 23.2. The molecule has 0 amide bonds. The highest BCUT2D eigenvalue weighted by Crippen LogP contribution is 2.42. The minimum atomic E-state index is -0.655. The van der Waals surface area contributed by atoms with E-state index in [1.807, 2.05) is 27.7 Å². The van der Waals surface area contributed by atoms with E-state index in [0.29, 0.717) is 40.8 Å². The summed E-state index contributed by atoms with van der Waals surface area (Å²) in [6.45, 7) is 4.97. The molecule has 0 unspecified atom stereocenters. The van der Waals surface area contributed by atoms with Gasteiger partial charge in [-0.1, -0.05) is 42.1 Å². The number of hydrogen-bond acceptors (Lipinski definition) is 6. The Morgan fingerprint density at radius 1 is 1.16 bits per heavy atom. The second-order valence-corrected chi connectivity index (χ2v) is 9.00. The van der Waals surface area contributed by atoms with E-state index in [9.17, 15) is 9.59 Å². The number of piperazine rings is 1. The Bertz CT molecular complexity index is 1270. The third-order valence-electron chi connectivity index (χ3n) is 6.14. The number of aromatic nitrogens is 1. The molecular formula is C24H24FN3O3S. The van der Waals surface area contributed by atoms with Crippen LogP contribution in [0.3, 0.4) is 0 Å². The van der Waals surface area contributed by atoms with Crippen LogP contribution >= 0.6 is 11.8 Å². The van der Waals surface area contributed by atoms with Crippen LogP contribution in [0.2, 0.25) is 0 Å². The molecule has 0 spiro atoms. The molecule has 0 N–H and O–H groups in total. The molecule has 3 aromatic rings. The van der Waals surface area contributed by atoms with E-state index in [1.54, 1.807) is 25.1 Å². The fraction of sp³-hybridized carbons (Fsp3) is 0.333. The Kier molecular flexibility index (Phi) is 5.43. The number of ether oxygens (including phenoxy) is 1. The third-order valence-corrected chi connectivity index (χ3v) is 7.23. The maximum atomic E-state index is 16.2. The van der Waals surface area contributed by atoms with Gasteiger partial charge in [-0.05, 0) is 25.6 Å². The second-order valence-electron chi connectivity index (χ2n) is 8.07. The topological polar surface area (TPSA) is 54.8 Å². The number of benzene rings is 2. The number of esters is 1. The minimum Gasteiger partial charge on any atom is -0.462 e. The van der Waals surface area contributed by atoms with Crippen molar-refractivity contribution in [2.24, 2.45) is 0 Å². The van der Waals surface area contributed by atoms with Crippen LogP contribution in [-0.4, -0.2) is 55.3 Å². The highest BCUT2D eigenvalue weighted by atomic mass is 32.2. The number of rotatable bonds is 4. The van der Waals surface area contributed by atoms with E-state index in [4.69, 9.17) is 4.74 Å². The molecule has 0 atom stereocenters. The molecule has 1 aromatic heterocycles. The average molecular weight is 454 g/mol. The first kappa shape index (κ1) is 21.0. The molecule has 32 heavy (non-hydrogen) atoms. The molecule has 6 nitrogen and oxygen atoms in total. The summed E-state index contributed by atoms with van der Waals surface area (Å²) >= 11 is 1.44. The maximum Gasteiger partial charge on any atom is 0.344 e. The lowest BCUT2D eigenvalue weighted by Gasteiger charge is -2.35. The quantitative estimate of drug-likeness (QED) is 0.560. The van der Waals surface area contributed by atoms with E-state index in [-0.39, 0.29) is 23.1 Å². The standard InChI is InChI=1S/C24H24FN3O3S/c1-3-31-24(30)20-22(29)19-16(28-14-32-23(20)28)13-17(27-11-9-26(2)10-12-27)21(25)18(19)15-7-5-4-6-8-15/h4-8,13H,3,9-12,14H2,1-2H3. The summed E-state index contributed by atoms with van der Waals surface area (Å²) in [4.78, 5) is 30.5. The maximum absolute atomic E-state index is 16.2. The van der Waals surface area contributed by atoms with Crippen molar-refractivity contribution in [3.63, 3.8) is 0 Å². The van der Waals surface area contributed by atoms with Gasteiger partial charge in [0.1, 0.15) is 5.56 Å². The Balaban J connectivity index is 1.83. The second kappa shape index (κ2) is 8.26. The summed E-state index contributed by atoms with van der Waals surface area (Å²) in [5.74, 6) is -0.480. The number of nitrogens with zero attached hydrogens (tertiary/aromatic N) is 3. The fourth-order valence-corrected chi connectivity index (χ4v) is 5.36. The van der Waals surface area contributed by atoms with Gasteiger partial charge in [0.05, 0.1) is 34.1 Å². The van der Waals surface area contributed by atoms with Gasteiger partial charge in [0.25, 0.3) is 0 Å². The highest BCUT2D eigenvalue weighted by molar-refractivity contribution is 7.99. The first-order valence-corrected chi connectivity index (χ1v) is 11.7. The number of carbonyl (C=O) groups excluding carboxylic acids is 1. The summed E-state index contributed by atoms with van der Waals surface area (Å²) in [5, 5.41) is 0.828. The lowest BCUT2D eigenvalue weighted by atomic mass is 9.96. The molecule has 3 heterocycles. The van der Waals surface area contributed by atoms with Gasteiger partial charge in [-0.2, -0.15) is 0 Å². The first-order chi connectivity index (χ1) is 15.5. The predicted molar refractivity (Wildman–Crippen MR) is 125 cm³/mol. The van der Waals surface area contributed by atoms with Crippen molar-refractivity contribution in [2.75, 3.05) is 44.7 Å². The average Bonchev–Trinajstić information content (AvgIpc) is 2.77. The van der Waals surface area contributed by atoms with E-state index < -0.39 is 17.2 Å². The van der Waals surface area contributed by atoms with Crippen LogP contribution in [0.15, 0.2) is 46.2 Å². The van der Waals surface area contributed by atoms with Crippen LogP contribution < -0.4 is 10.3 Å². The number of fused-ring (bicyclic) bond motifs is 3. The molecule has 2 aliphatic rings. The molecule has 1 saturated heterocycles. The molecule has 2 aliphatic heterocycles. The van der Waals surface area contributed by atoms with Crippen molar-refractivity contribution in [3.8, 4) is 11.1 Å². The molecule has 0 aliphatic carbocycles. The lowest BCUT2D eigenvalue weighted by Crippen LogP contribution is -2.45.